The highest BCUT2D eigenvalue weighted by Gasteiger charge is 2.28. The van der Waals surface area contributed by atoms with Gasteiger partial charge in [-0.25, -0.2) is 9.59 Å². The average molecular weight is 304 g/mol. The molecule has 0 bridgehead atoms. The topological polar surface area (TPSA) is 104 Å². The van der Waals surface area contributed by atoms with E-state index < -0.39 is 18.0 Å². The number of esters is 1. The Bertz CT molecular complexity index is 671. The van der Waals surface area contributed by atoms with E-state index in [0.29, 0.717) is 24.0 Å². The van der Waals surface area contributed by atoms with E-state index in [-0.39, 0.29) is 17.1 Å². The lowest BCUT2D eigenvalue weighted by molar-refractivity contribution is -0.140. The lowest BCUT2D eigenvalue weighted by atomic mass is 10.0. The molecule has 0 aromatic heterocycles. The van der Waals surface area contributed by atoms with Gasteiger partial charge in [0, 0.05) is 16.7 Å². The van der Waals surface area contributed by atoms with Gasteiger partial charge in [0.25, 0.3) is 0 Å². The molecule has 1 atom stereocenters. The van der Waals surface area contributed by atoms with Gasteiger partial charge in [-0.15, -0.1) is 0 Å². The lowest BCUT2D eigenvalue weighted by Crippen LogP contribution is -2.03. The summed E-state index contributed by atoms with van der Waals surface area (Å²) in [6, 6.07) is 3.99. The highest BCUT2D eigenvalue weighted by molar-refractivity contribution is 5.91. The number of hydrogen-bond donors (Lipinski definition) is 3. The molecule has 1 aliphatic heterocycles. The van der Waals surface area contributed by atoms with Gasteiger partial charge in [-0.2, -0.15) is 0 Å². The van der Waals surface area contributed by atoms with E-state index in [0.717, 1.165) is 0 Å². The Kier molecular flexibility index (Phi) is 4.50. The Morgan fingerprint density at radius 1 is 1.36 bits per heavy atom. The summed E-state index contributed by atoms with van der Waals surface area (Å²) in [4.78, 5) is 22.5. The number of aliphatic carboxylic acids is 1. The zero-order chi connectivity index (χ0) is 16.3. The summed E-state index contributed by atoms with van der Waals surface area (Å²) >= 11 is 0. The van der Waals surface area contributed by atoms with Gasteiger partial charge in [0.15, 0.2) is 0 Å². The van der Waals surface area contributed by atoms with Crippen LogP contribution in [0.1, 0.15) is 31.4 Å². The maximum atomic E-state index is 11.8. The number of rotatable bonds is 5. The maximum absolute atomic E-state index is 11.8. The minimum atomic E-state index is -0.995. The molecule has 0 aliphatic carbocycles. The zero-order valence-electron chi connectivity index (χ0n) is 11.9. The van der Waals surface area contributed by atoms with Gasteiger partial charge in [0.2, 0.25) is 0 Å². The Labute approximate surface area is 127 Å². The third kappa shape index (κ3) is 3.46. The zero-order valence-corrected chi connectivity index (χ0v) is 11.9. The number of phenolic OH excluding ortho intramolecular Hbond substituents is 2. The number of allylic oxidation sites excluding steroid dienone is 1. The van der Waals surface area contributed by atoms with Crippen LogP contribution in [-0.2, 0) is 14.3 Å². The van der Waals surface area contributed by atoms with E-state index in [4.69, 9.17) is 9.84 Å². The molecule has 6 heteroatoms. The van der Waals surface area contributed by atoms with Gasteiger partial charge in [-0.3, -0.25) is 0 Å². The second kappa shape index (κ2) is 6.34. The molecule has 0 saturated heterocycles. The molecule has 0 unspecified atom stereocenters. The second-order valence-electron chi connectivity index (χ2n) is 4.99. The Morgan fingerprint density at radius 2 is 2.09 bits per heavy atom. The van der Waals surface area contributed by atoms with E-state index in [1.54, 1.807) is 6.08 Å². The van der Waals surface area contributed by atoms with Crippen LogP contribution >= 0.6 is 0 Å². The summed E-state index contributed by atoms with van der Waals surface area (Å²) in [5.74, 6) is -1.61. The van der Waals surface area contributed by atoms with Crippen molar-refractivity contribution >= 4 is 11.9 Å². The minimum absolute atomic E-state index is 0.0364. The number of carboxylic acid groups (broad SMARTS) is 1. The molecule has 1 aromatic carbocycles. The van der Waals surface area contributed by atoms with Crippen LogP contribution in [0, 0.1) is 0 Å². The third-order valence-corrected chi connectivity index (χ3v) is 3.37. The first-order valence-corrected chi connectivity index (χ1v) is 6.72. The molecular formula is C16H16O6. The van der Waals surface area contributed by atoms with Crippen molar-refractivity contribution in [2.75, 3.05) is 0 Å². The molecule has 1 heterocycles. The summed E-state index contributed by atoms with van der Waals surface area (Å²) in [7, 11) is 0. The van der Waals surface area contributed by atoms with Crippen molar-refractivity contribution < 1.29 is 29.6 Å². The lowest BCUT2D eigenvalue weighted by Gasteiger charge is -2.10. The molecule has 3 N–H and O–H groups in total. The number of carbonyl (C=O) groups is 2. The van der Waals surface area contributed by atoms with Crippen molar-refractivity contribution in [3.8, 4) is 11.5 Å². The van der Waals surface area contributed by atoms with E-state index in [1.165, 1.54) is 31.2 Å². The summed E-state index contributed by atoms with van der Waals surface area (Å²) < 4.78 is 5.16. The molecule has 0 fully saturated rings. The summed E-state index contributed by atoms with van der Waals surface area (Å²) in [5.41, 5.74) is 0.942. The molecule has 0 saturated carbocycles. The van der Waals surface area contributed by atoms with Crippen LogP contribution in [0.5, 0.6) is 11.5 Å². The molecule has 0 radical (unpaired) electrons. The summed E-state index contributed by atoms with van der Waals surface area (Å²) in [6.07, 6.45) is 3.10. The fourth-order valence-electron chi connectivity index (χ4n) is 2.12. The van der Waals surface area contributed by atoms with Gasteiger partial charge in [-0.1, -0.05) is 6.08 Å². The first kappa shape index (κ1) is 15.6. The minimum Gasteiger partial charge on any atom is -0.508 e. The highest BCUT2D eigenvalue weighted by Crippen LogP contribution is 2.36. The fraction of sp³-hybridized carbons (Fsp3) is 0.250. The van der Waals surface area contributed by atoms with Gasteiger partial charge in [0.05, 0.1) is 0 Å². The summed E-state index contributed by atoms with van der Waals surface area (Å²) in [6.45, 7) is 1.48. The number of carbonyl (C=O) groups excluding carboxylic acids is 1. The molecule has 0 spiro atoms. The van der Waals surface area contributed by atoms with Crippen LogP contribution in [-0.4, -0.2) is 27.3 Å². The smallest absolute Gasteiger partial charge is 0.334 e. The van der Waals surface area contributed by atoms with Crippen molar-refractivity contribution in [1.82, 2.24) is 0 Å². The number of carboxylic acids is 1. The molecular weight excluding hydrogens is 288 g/mol. The quantitative estimate of drug-likeness (QED) is 0.438. The summed E-state index contributed by atoms with van der Waals surface area (Å²) in [5, 5.41) is 28.0. The Morgan fingerprint density at radius 3 is 2.77 bits per heavy atom. The normalized spacial score (nSPS) is 18.0. The van der Waals surface area contributed by atoms with Crippen molar-refractivity contribution in [3.05, 3.63) is 47.1 Å². The number of ether oxygens (including phenoxy) is 1. The SMILES string of the molecule is C/C(=C\CCC1=C[C@@H](c2cc(O)ccc2O)OC1=O)C(=O)O. The van der Waals surface area contributed by atoms with Crippen LogP contribution in [0.3, 0.4) is 0 Å². The number of hydrogen-bond acceptors (Lipinski definition) is 5. The van der Waals surface area contributed by atoms with Crippen LogP contribution in [0.25, 0.3) is 0 Å². The Balaban J connectivity index is 2.10. The molecule has 22 heavy (non-hydrogen) atoms. The largest absolute Gasteiger partial charge is 0.508 e. The van der Waals surface area contributed by atoms with Crippen molar-refractivity contribution in [3.63, 3.8) is 0 Å². The van der Waals surface area contributed by atoms with Crippen molar-refractivity contribution in [1.29, 1.82) is 0 Å². The van der Waals surface area contributed by atoms with E-state index in [2.05, 4.69) is 0 Å². The number of phenols is 2. The third-order valence-electron chi connectivity index (χ3n) is 3.37. The van der Waals surface area contributed by atoms with E-state index >= 15 is 0 Å². The van der Waals surface area contributed by atoms with Crippen LogP contribution in [0.2, 0.25) is 0 Å². The molecule has 0 amide bonds. The number of benzene rings is 1. The maximum Gasteiger partial charge on any atom is 0.334 e. The Hall–Kier alpha value is -2.76. The predicted molar refractivity (Wildman–Crippen MR) is 77.3 cm³/mol. The standard InChI is InChI=1S/C16H16O6/c1-9(15(19)20)3-2-4-10-7-14(22-16(10)21)12-8-11(17)5-6-13(12)18/h3,5-8,14,17-18H,2,4H2,1H3,(H,19,20)/b9-3+/t14-/m0/s1. The molecule has 1 aliphatic rings. The molecule has 2 rings (SSSR count). The van der Waals surface area contributed by atoms with Gasteiger partial charge >= 0.3 is 11.9 Å². The van der Waals surface area contributed by atoms with Gasteiger partial charge in [-0.05, 0) is 44.0 Å². The average Bonchev–Trinajstić information content (AvgIpc) is 2.82. The predicted octanol–water partition coefficient (Wildman–Crippen LogP) is 2.43. The van der Waals surface area contributed by atoms with E-state index in [1.807, 2.05) is 0 Å². The van der Waals surface area contributed by atoms with Crippen LogP contribution < -0.4 is 0 Å². The first-order valence-electron chi connectivity index (χ1n) is 6.72. The van der Waals surface area contributed by atoms with Gasteiger partial charge in [0.1, 0.15) is 17.6 Å². The van der Waals surface area contributed by atoms with Crippen molar-refractivity contribution in [2.24, 2.45) is 0 Å². The molecule has 1 aromatic rings. The molecule has 116 valence electrons. The monoisotopic (exact) mass is 304 g/mol. The van der Waals surface area contributed by atoms with Crippen molar-refractivity contribution in [2.45, 2.75) is 25.9 Å². The number of aromatic hydroxyl groups is 2. The number of cyclic esters (lactones) is 1. The van der Waals surface area contributed by atoms with Gasteiger partial charge < -0.3 is 20.1 Å². The highest BCUT2D eigenvalue weighted by atomic mass is 16.5. The van der Waals surface area contributed by atoms with Crippen LogP contribution in [0.4, 0.5) is 0 Å². The van der Waals surface area contributed by atoms with Crippen LogP contribution in [0.15, 0.2) is 41.5 Å². The fourth-order valence-corrected chi connectivity index (χ4v) is 2.12. The molecule has 6 nitrogen and oxygen atoms in total. The van der Waals surface area contributed by atoms with E-state index in [9.17, 15) is 19.8 Å². The second-order valence-corrected chi connectivity index (χ2v) is 4.99. The first-order chi connectivity index (χ1) is 10.4.